The molecule has 0 spiro atoms. The van der Waals surface area contributed by atoms with Crippen molar-refractivity contribution in [2.24, 2.45) is 0 Å². The molecule has 1 fully saturated rings. The second kappa shape index (κ2) is 10.6. The first-order valence-electron chi connectivity index (χ1n) is 8.24. The summed E-state index contributed by atoms with van der Waals surface area (Å²) in [6, 6.07) is 0.573. The minimum absolute atomic E-state index is 0.0717. The maximum atomic E-state index is 6.04. The van der Waals surface area contributed by atoms with Crippen molar-refractivity contribution in [3.8, 4) is 0 Å². The van der Waals surface area contributed by atoms with Crippen molar-refractivity contribution < 1.29 is 14.2 Å². The molecule has 3 atom stereocenters. The van der Waals surface area contributed by atoms with Crippen molar-refractivity contribution in [2.45, 2.75) is 71.6 Å². The third kappa shape index (κ3) is 6.53. The van der Waals surface area contributed by atoms with Crippen LogP contribution in [0.3, 0.4) is 0 Å². The van der Waals surface area contributed by atoms with Crippen molar-refractivity contribution in [3.05, 3.63) is 0 Å². The molecule has 0 aromatic carbocycles. The van der Waals surface area contributed by atoms with E-state index in [1.807, 2.05) is 13.8 Å². The van der Waals surface area contributed by atoms with E-state index in [4.69, 9.17) is 14.2 Å². The van der Waals surface area contributed by atoms with Gasteiger partial charge in [0.15, 0.2) is 0 Å². The Bertz CT molecular complexity index is 238. The topological polar surface area (TPSA) is 30.9 Å². The fourth-order valence-corrected chi connectivity index (χ4v) is 2.61. The second-order valence-corrected chi connectivity index (χ2v) is 5.65. The normalized spacial score (nSPS) is 24.3. The Morgan fingerprint density at radius 1 is 1.05 bits per heavy atom. The quantitative estimate of drug-likeness (QED) is 0.482. The van der Waals surface area contributed by atoms with Gasteiger partial charge in [-0.1, -0.05) is 19.8 Å². The zero-order valence-electron chi connectivity index (χ0n) is 13.8. The van der Waals surface area contributed by atoms with Crippen LogP contribution in [0.25, 0.3) is 0 Å². The van der Waals surface area contributed by atoms with Gasteiger partial charge < -0.3 is 14.2 Å². The number of likely N-dealkylation sites (tertiary alicyclic amines) is 1. The molecule has 0 N–H and O–H groups in total. The summed E-state index contributed by atoms with van der Waals surface area (Å²) in [6.07, 6.45) is 5.45. The summed E-state index contributed by atoms with van der Waals surface area (Å²) >= 11 is 0. The van der Waals surface area contributed by atoms with E-state index in [9.17, 15) is 0 Å². The molecule has 1 aliphatic heterocycles. The molecule has 0 amide bonds. The van der Waals surface area contributed by atoms with Crippen LogP contribution in [0.15, 0.2) is 0 Å². The summed E-state index contributed by atoms with van der Waals surface area (Å²) in [5, 5.41) is 0. The van der Waals surface area contributed by atoms with Crippen molar-refractivity contribution in [1.82, 2.24) is 4.90 Å². The smallest absolute Gasteiger partial charge is 0.147 e. The maximum absolute atomic E-state index is 6.04. The molecule has 0 radical (unpaired) electrons. The average molecular weight is 287 g/mol. The minimum atomic E-state index is 0.0717. The summed E-state index contributed by atoms with van der Waals surface area (Å²) in [5.74, 6) is 0. The number of nitrogens with zero attached hydrogens (tertiary/aromatic N) is 1. The van der Waals surface area contributed by atoms with E-state index in [2.05, 4.69) is 18.7 Å². The molecule has 1 saturated heterocycles. The molecule has 1 heterocycles. The highest BCUT2D eigenvalue weighted by Gasteiger charge is 2.22. The van der Waals surface area contributed by atoms with Crippen LogP contribution >= 0.6 is 0 Å². The molecule has 4 heteroatoms. The van der Waals surface area contributed by atoms with E-state index >= 15 is 0 Å². The van der Waals surface area contributed by atoms with Crippen LogP contribution in [0.5, 0.6) is 0 Å². The molecule has 2 unspecified atom stereocenters. The number of ether oxygens (including phenoxy) is 3. The van der Waals surface area contributed by atoms with E-state index < -0.39 is 0 Å². The van der Waals surface area contributed by atoms with Crippen LogP contribution < -0.4 is 0 Å². The van der Waals surface area contributed by atoms with Crippen molar-refractivity contribution in [1.29, 1.82) is 0 Å². The molecule has 0 aromatic rings. The molecule has 120 valence electrons. The fraction of sp³-hybridized carbons (Fsp3) is 1.00. The van der Waals surface area contributed by atoms with E-state index in [-0.39, 0.29) is 12.2 Å². The predicted molar refractivity (Wildman–Crippen MR) is 82.0 cm³/mol. The number of hydrogen-bond acceptors (Lipinski definition) is 4. The first-order chi connectivity index (χ1) is 9.69. The van der Waals surface area contributed by atoms with E-state index in [1.165, 1.54) is 32.2 Å². The van der Waals surface area contributed by atoms with E-state index in [0.717, 1.165) is 13.2 Å². The summed E-state index contributed by atoms with van der Waals surface area (Å²) in [5.41, 5.74) is 0. The predicted octanol–water partition coefficient (Wildman–Crippen LogP) is 3.06. The van der Waals surface area contributed by atoms with Crippen LogP contribution in [-0.4, -0.2) is 56.2 Å². The van der Waals surface area contributed by atoms with Gasteiger partial charge in [0.25, 0.3) is 0 Å². The SMILES string of the molecule is CCOCOC(C)[C@H](C)OCC1CCCCCN1CC. The van der Waals surface area contributed by atoms with Crippen molar-refractivity contribution >= 4 is 0 Å². The molecular weight excluding hydrogens is 254 g/mol. The molecule has 0 aromatic heterocycles. The molecular formula is C16H33NO3. The highest BCUT2D eigenvalue weighted by atomic mass is 16.7. The van der Waals surface area contributed by atoms with Crippen LogP contribution in [0, 0.1) is 0 Å². The Labute approximate surface area is 124 Å². The standard InChI is InChI=1S/C16H33NO3/c1-5-17-11-9-7-8-10-16(17)12-19-14(3)15(4)20-13-18-6-2/h14-16H,5-13H2,1-4H3/t14-,15?,16?/m0/s1. The summed E-state index contributed by atoms with van der Waals surface area (Å²) in [7, 11) is 0. The Morgan fingerprint density at radius 2 is 1.80 bits per heavy atom. The van der Waals surface area contributed by atoms with Crippen LogP contribution in [-0.2, 0) is 14.2 Å². The van der Waals surface area contributed by atoms with E-state index in [0.29, 0.717) is 19.4 Å². The highest BCUT2D eigenvalue weighted by molar-refractivity contribution is 4.75. The summed E-state index contributed by atoms with van der Waals surface area (Å²) in [4.78, 5) is 2.56. The summed E-state index contributed by atoms with van der Waals surface area (Å²) in [6.45, 7) is 12.6. The van der Waals surface area contributed by atoms with Gasteiger partial charge in [0, 0.05) is 12.6 Å². The third-order valence-electron chi connectivity index (χ3n) is 4.24. The zero-order valence-corrected chi connectivity index (χ0v) is 13.8. The average Bonchev–Trinajstić information content (AvgIpc) is 2.69. The van der Waals surface area contributed by atoms with Gasteiger partial charge in [0.05, 0.1) is 18.8 Å². The van der Waals surface area contributed by atoms with Gasteiger partial charge in [0.2, 0.25) is 0 Å². The van der Waals surface area contributed by atoms with Crippen LogP contribution in [0.2, 0.25) is 0 Å². The third-order valence-corrected chi connectivity index (χ3v) is 4.24. The lowest BCUT2D eigenvalue weighted by atomic mass is 10.1. The molecule has 20 heavy (non-hydrogen) atoms. The number of hydrogen-bond donors (Lipinski definition) is 0. The molecule has 1 aliphatic rings. The van der Waals surface area contributed by atoms with Gasteiger partial charge in [-0.15, -0.1) is 0 Å². The van der Waals surface area contributed by atoms with Gasteiger partial charge in [-0.25, -0.2) is 0 Å². The molecule has 0 aliphatic carbocycles. The number of rotatable bonds is 9. The molecule has 0 bridgehead atoms. The van der Waals surface area contributed by atoms with E-state index in [1.54, 1.807) is 0 Å². The fourth-order valence-electron chi connectivity index (χ4n) is 2.61. The molecule has 0 saturated carbocycles. The van der Waals surface area contributed by atoms with Crippen molar-refractivity contribution in [2.75, 3.05) is 33.1 Å². The van der Waals surface area contributed by atoms with Gasteiger partial charge in [-0.2, -0.15) is 0 Å². The second-order valence-electron chi connectivity index (χ2n) is 5.65. The Morgan fingerprint density at radius 3 is 2.50 bits per heavy atom. The Balaban J connectivity index is 2.28. The van der Waals surface area contributed by atoms with Crippen LogP contribution in [0.1, 0.15) is 53.4 Å². The first-order valence-corrected chi connectivity index (χ1v) is 8.24. The maximum Gasteiger partial charge on any atom is 0.147 e. The highest BCUT2D eigenvalue weighted by Crippen LogP contribution is 2.17. The van der Waals surface area contributed by atoms with Crippen molar-refractivity contribution in [3.63, 3.8) is 0 Å². The first kappa shape index (κ1) is 17.9. The minimum Gasteiger partial charge on any atom is -0.374 e. The lowest BCUT2D eigenvalue weighted by Crippen LogP contribution is -2.40. The largest absolute Gasteiger partial charge is 0.374 e. The summed E-state index contributed by atoms with van der Waals surface area (Å²) < 4.78 is 16.9. The Hall–Kier alpha value is -0.160. The zero-order chi connectivity index (χ0) is 14.8. The van der Waals surface area contributed by atoms with Crippen LogP contribution in [0.4, 0.5) is 0 Å². The Kier molecular flexibility index (Phi) is 9.44. The molecule has 1 rings (SSSR count). The van der Waals surface area contributed by atoms with Gasteiger partial charge in [0.1, 0.15) is 6.79 Å². The monoisotopic (exact) mass is 287 g/mol. The number of likely N-dealkylation sites (N-methyl/N-ethyl adjacent to an activating group) is 1. The molecule has 4 nitrogen and oxygen atoms in total. The van der Waals surface area contributed by atoms with Gasteiger partial charge in [-0.05, 0) is 46.7 Å². The lowest BCUT2D eigenvalue weighted by Gasteiger charge is -2.30. The van der Waals surface area contributed by atoms with Gasteiger partial charge >= 0.3 is 0 Å². The lowest BCUT2D eigenvalue weighted by molar-refractivity contribution is -0.129. The van der Waals surface area contributed by atoms with Gasteiger partial charge in [-0.3, -0.25) is 4.90 Å².